The molecule has 0 spiro atoms. The molecular formula is C17H23N3O3. The second-order valence-electron chi connectivity index (χ2n) is 6.34. The third kappa shape index (κ3) is 3.94. The van der Waals surface area contributed by atoms with Gasteiger partial charge in [0.05, 0.1) is 6.54 Å². The SMILES string of the molecule is NC(=O)CC1CCN(C(=O)NC[C@@H]2Cc3ccccc3O2)CC1. The number of urea groups is 1. The van der Waals surface area contributed by atoms with Crippen LogP contribution in [0.15, 0.2) is 24.3 Å². The number of likely N-dealkylation sites (tertiary alicyclic amines) is 1. The normalized spacial score (nSPS) is 20.7. The Hall–Kier alpha value is -2.24. The molecule has 0 bridgehead atoms. The highest BCUT2D eigenvalue weighted by atomic mass is 16.5. The zero-order valence-corrected chi connectivity index (χ0v) is 13.2. The highest BCUT2D eigenvalue weighted by Gasteiger charge is 2.26. The van der Waals surface area contributed by atoms with Crippen molar-refractivity contribution in [3.05, 3.63) is 29.8 Å². The van der Waals surface area contributed by atoms with Crippen molar-refractivity contribution in [1.82, 2.24) is 10.2 Å². The van der Waals surface area contributed by atoms with Crippen LogP contribution in [0.1, 0.15) is 24.8 Å². The Bertz CT molecular complexity index is 557. The lowest BCUT2D eigenvalue weighted by Gasteiger charge is -2.31. The number of carbonyl (C=O) groups excluding carboxylic acids is 2. The number of nitrogens with one attached hydrogen (secondary N) is 1. The number of hydrogen-bond acceptors (Lipinski definition) is 3. The van der Waals surface area contributed by atoms with E-state index in [1.165, 1.54) is 5.56 Å². The van der Waals surface area contributed by atoms with E-state index in [4.69, 9.17) is 10.5 Å². The summed E-state index contributed by atoms with van der Waals surface area (Å²) in [5, 5.41) is 2.96. The summed E-state index contributed by atoms with van der Waals surface area (Å²) in [5.74, 6) is 0.967. The number of para-hydroxylation sites is 1. The van der Waals surface area contributed by atoms with E-state index in [2.05, 4.69) is 11.4 Å². The van der Waals surface area contributed by atoms with Crippen LogP contribution in [0, 0.1) is 5.92 Å². The van der Waals surface area contributed by atoms with Gasteiger partial charge in [-0.3, -0.25) is 4.79 Å². The first-order valence-corrected chi connectivity index (χ1v) is 8.17. The van der Waals surface area contributed by atoms with E-state index >= 15 is 0 Å². The van der Waals surface area contributed by atoms with Crippen LogP contribution in [-0.4, -0.2) is 42.6 Å². The van der Waals surface area contributed by atoms with Gasteiger partial charge in [-0.25, -0.2) is 4.79 Å². The lowest BCUT2D eigenvalue weighted by Crippen LogP contribution is -2.47. The van der Waals surface area contributed by atoms with Crippen LogP contribution in [0.4, 0.5) is 4.79 Å². The number of fused-ring (bicyclic) bond motifs is 1. The molecule has 1 aromatic carbocycles. The highest BCUT2D eigenvalue weighted by molar-refractivity contribution is 5.75. The summed E-state index contributed by atoms with van der Waals surface area (Å²) in [6.07, 6.45) is 2.92. The first-order chi connectivity index (χ1) is 11.1. The van der Waals surface area contributed by atoms with E-state index in [9.17, 15) is 9.59 Å². The van der Waals surface area contributed by atoms with Gasteiger partial charge in [0, 0.05) is 25.9 Å². The number of primary amides is 1. The molecule has 0 aromatic heterocycles. The average molecular weight is 317 g/mol. The number of rotatable bonds is 4. The van der Waals surface area contributed by atoms with E-state index in [-0.39, 0.29) is 18.0 Å². The lowest BCUT2D eigenvalue weighted by atomic mass is 9.93. The summed E-state index contributed by atoms with van der Waals surface area (Å²) >= 11 is 0. The van der Waals surface area contributed by atoms with Crippen molar-refractivity contribution in [3.63, 3.8) is 0 Å². The minimum Gasteiger partial charge on any atom is -0.488 e. The molecule has 6 heteroatoms. The van der Waals surface area contributed by atoms with Crippen LogP contribution in [0.25, 0.3) is 0 Å². The van der Waals surface area contributed by atoms with Crippen LogP contribution >= 0.6 is 0 Å². The maximum Gasteiger partial charge on any atom is 0.317 e. The molecule has 3 rings (SSSR count). The van der Waals surface area contributed by atoms with Gasteiger partial charge in [-0.15, -0.1) is 0 Å². The van der Waals surface area contributed by atoms with Crippen molar-refractivity contribution in [2.75, 3.05) is 19.6 Å². The zero-order chi connectivity index (χ0) is 16.2. The molecule has 1 saturated heterocycles. The van der Waals surface area contributed by atoms with Gasteiger partial charge in [-0.05, 0) is 30.4 Å². The summed E-state index contributed by atoms with van der Waals surface area (Å²) < 4.78 is 5.82. The monoisotopic (exact) mass is 317 g/mol. The van der Waals surface area contributed by atoms with Crippen molar-refractivity contribution >= 4 is 11.9 Å². The fraction of sp³-hybridized carbons (Fsp3) is 0.529. The van der Waals surface area contributed by atoms with Crippen LogP contribution in [0.5, 0.6) is 5.75 Å². The van der Waals surface area contributed by atoms with Crippen LogP contribution in [0.3, 0.4) is 0 Å². The van der Waals surface area contributed by atoms with Crippen molar-refractivity contribution in [1.29, 1.82) is 0 Å². The van der Waals surface area contributed by atoms with Crippen LogP contribution in [-0.2, 0) is 11.2 Å². The average Bonchev–Trinajstić information content (AvgIpc) is 2.95. The first-order valence-electron chi connectivity index (χ1n) is 8.17. The molecule has 1 atom stereocenters. The molecule has 6 nitrogen and oxygen atoms in total. The van der Waals surface area contributed by atoms with E-state index < -0.39 is 0 Å². The molecule has 1 fully saturated rings. The van der Waals surface area contributed by atoms with E-state index in [0.717, 1.165) is 25.0 Å². The predicted molar refractivity (Wildman–Crippen MR) is 86.1 cm³/mol. The van der Waals surface area contributed by atoms with E-state index in [1.54, 1.807) is 4.90 Å². The number of nitrogens with two attached hydrogens (primary N) is 1. The minimum absolute atomic E-state index is 0.00347. The minimum atomic E-state index is -0.258. The smallest absolute Gasteiger partial charge is 0.317 e. The Kier molecular flexibility index (Phi) is 4.69. The number of benzene rings is 1. The van der Waals surface area contributed by atoms with Crippen molar-refractivity contribution in [2.24, 2.45) is 11.7 Å². The fourth-order valence-corrected chi connectivity index (χ4v) is 3.31. The van der Waals surface area contributed by atoms with Gasteiger partial charge in [0.1, 0.15) is 11.9 Å². The molecule has 3 amide bonds. The van der Waals surface area contributed by atoms with Gasteiger partial charge in [0.15, 0.2) is 0 Å². The third-order valence-corrected chi connectivity index (χ3v) is 4.59. The van der Waals surface area contributed by atoms with Gasteiger partial charge in [0.2, 0.25) is 5.91 Å². The summed E-state index contributed by atoms with van der Waals surface area (Å²) in [4.78, 5) is 25.0. The molecule has 0 saturated carbocycles. The Morgan fingerprint density at radius 2 is 2.00 bits per heavy atom. The maximum atomic E-state index is 12.2. The number of nitrogens with zero attached hydrogens (tertiary/aromatic N) is 1. The quantitative estimate of drug-likeness (QED) is 0.877. The molecular weight excluding hydrogens is 294 g/mol. The van der Waals surface area contributed by atoms with Gasteiger partial charge >= 0.3 is 6.03 Å². The molecule has 0 radical (unpaired) electrons. The summed E-state index contributed by atoms with van der Waals surface area (Å²) in [7, 11) is 0. The molecule has 0 unspecified atom stereocenters. The second-order valence-corrected chi connectivity index (χ2v) is 6.34. The molecule has 23 heavy (non-hydrogen) atoms. The fourth-order valence-electron chi connectivity index (χ4n) is 3.31. The van der Waals surface area contributed by atoms with E-state index in [0.29, 0.717) is 32.0 Å². The maximum absolute atomic E-state index is 12.2. The molecule has 2 aliphatic heterocycles. The Balaban J connectivity index is 1.40. The second kappa shape index (κ2) is 6.89. The molecule has 124 valence electrons. The Morgan fingerprint density at radius 3 is 2.70 bits per heavy atom. The Morgan fingerprint density at radius 1 is 1.26 bits per heavy atom. The van der Waals surface area contributed by atoms with Gasteiger partial charge in [-0.2, -0.15) is 0 Å². The number of hydrogen-bond donors (Lipinski definition) is 2. The van der Waals surface area contributed by atoms with E-state index in [1.807, 2.05) is 18.2 Å². The summed E-state index contributed by atoms with van der Waals surface area (Å²) in [6, 6.07) is 7.92. The third-order valence-electron chi connectivity index (χ3n) is 4.59. The highest BCUT2D eigenvalue weighted by Crippen LogP contribution is 2.27. The topological polar surface area (TPSA) is 84.7 Å². The number of piperidine rings is 1. The predicted octanol–water partition coefficient (Wildman–Crippen LogP) is 1.29. The van der Waals surface area contributed by atoms with Crippen molar-refractivity contribution < 1.29 is 14.3 Å². The van der Waals surface area contributed by atoms with Crippen molar-refractivity contribution in [3.8, 4) is 5.75 Å². The van der Waals surface area contributed by atoms with Gasteiger partial charge in [0.25, 0.3) is 0 Å². The van der Waals surface area contributed by atoms with Crippen LogP contribution in [0.2, 0.25) is 0 Å². The molecule has 0 aliphatic carbocycles. The van der Waals surface area contributed by atoms with Gasteiger partial charge < -0.3 is 20.7 Å². The molecule has 3 N–H and O–H groups in total. The number of amides is 3. The van der Waals surface area contributed by atoms with Crippen LogP contribution < -0.4 is 15.8 Å². The number of ether oxygens (including phenoxy) is 1. The van der Waals surface area contributed by atoms with Gasteiger partial charge in [-0.1, -0.05) is 18.2 Å². The molecule has 1 aromatic rings. The number of carbonyl (C=O) groups is 2. The van der Waals surface area contributed by atoms with Crippen molar-refractivity contribution in [2.45, 2.75) is 31.8 Å². The molecule has 2 heterocycles. The largest absolute Gasteiger partial charge is 0.488 e. The summed E-state index contributed by atoms with van der Waals surface area (Å²) in [6.45, 7) is 1.86. The summed E-state index contributed by atoms with van der Waals surface area (Å²) in [5.41, 5.74) is 6.42. The lowest BCUT2D eigenvalue weighted by molar-refractivity contribution is -0.119. The molecule has 2 aliphatic rings. The standard InChI is InChI=1S/C17H23N3O3/c18-16(21)9-12-5-7-20(8-6-12)17(22)19-11-14-10-13-3-1-2-4-15(13)23-14/h1-4,12,14H,5-11H2,(H2,18,21)(H,19,22)/t14-/m0/s1. The zero-order valence-electron chi connectivity index (χ0n) is 13.2. The Labute approximate surface area is 136 Å². The first kappa shape index (κ1) is 15.6.